The number of nitrogens with one attached hydrogen (secondary N) is 1. The maximum Gasteiger partial charge on any atom is 0.260 e. The first-order chi connectivity index (χ1) is 17.8. The minimum absolute atomic E-state index is 0.349. The second-order valence-electron chi connectivity index (χ2n) is 8.30. The molecule has 0 aliphatic heterocycles. The first kappa shape index (κ1) is 25.7. The molecule has 8 nitrogen and oxygen atoms in total. The minimum atomic E-state index is -3.69. The average molecular weight is 518 g/mol. The summed E-state index contributed by atoms with van der Waals surface area (Å²) in [5.41, 5.74) is 4.54. The number of anilines is 1. The van der Waals surface area contributed by atoms with Crippen LogP contribution in [-0.2, 0) is 21.4 Å². The fourth-order valence-corrected chi connectivity index (χ4v) is 4.49. The normalized spacial score (nSPS) is 11.4. The summed E-state index contributed by atoms with van der Waals surface area (Å²) in [6, 6.07) is 28.1. The van der Waals surface area contributed by atoms with E-state index in [1.165, 1.54) is 24.1 Å². The molecule has 190 valence electrons. The van der Waals surface area contributed by atoms with Crippen LogP contribution in [0.2, 0.25) is 0 Å². The highest BCUT2D eigenvalue weighted by Crippen LogP contribution is 2.21. The van der Waals surface area contributed by atoms with Crippen LogP contribution in [0.15, 0.2) is 96.1 Å². The van der Waals surface area contributed by atoms with Gasteiger partial charge in [-0.15, -0.1) is 0 Å². The van der Waals surface area contributed by atoms with Crippen LogP contribution in [0.5, 0.6) is 11.5 Å². The van der Waals surface area contributed by atoms with Gasteiger partial charge in [-0.3, -0.25) is 9.10 Å². The number of hydrogen-bond acceptors (Lipinski definition) is 6. The van der Waals surface area contributed by atoms with Gasteiger partial charge >= 0.3 is 0 Å². The van der Waals surface area contributed by atoms with Crippen LogP contribution in [0.1, 0.15) is 11.1 Å². The van der Waals surface area contributed by atoms with E-state index < -0.39 is 22.5 Å². The Balaban J connectivity index is 1.30. The topological polar surface area (TPSA) is 97.3 Å². The zero-order valence-corrected chi connectivity index (χ0v) is 21.3. The molecule has 1 amide bonds. The van der Waals surface area contributed by atoms with Crippen LogP contribution < -0.4 is 19.2 Å². The standard InChI is InChI=1S/C28H27N3O5S/c1-35-26-15-11-25(12-16-26)31(37(2,33)34)19-28(32)30-29-18-21-8-13-27(14-9-21)36-20-22-7-10-23-5-3-4-6-24(23)17-22/h3-18H,19-20H2,1-2H3,(H,30,32)/b29-18-. The molecular weight excluding hydrogens is 490 g/mol. The summed E-state index contributed by atoms with van der Waals surface area (Å²) >= 11 is 0. The highest BCUT2D eigenvalue weighted by Gasteiger charge is 2.20. The predicted molar refractivity (Wildman–Crippen MR) is 146 cm³/mol. The van der Waals surface area contributed by atoms with Gasteiger partial charge in [0, 0.05) is 0 Å². The number of fused-ring (bicyclic) bond motifs is 1. The third kappa shape index (κ3) is 7.08. The second kappa shape index (κ2) is 11.6. The van der Waals surface area contributed by atoms with Crippen LogP contribution in [0.4, 0.5) is 5.69 Å². The highest BCUT2D eigenvalue weighted by molar-refractivity contribution is 7.92. The second-order valence-corrected chi connectivity index (χ2v) is 10.2. The number of methoxy groups -OCH3 is 1. The first-order valence-electron chi connectivity index (χ1n) is 11.5. The Hall–Kier alpha value is -4.37. The van der Waals surface area contributed by atoms with Crippen molar-refractivity contribution in [1.29, 1.82) is 0 Å². The lowest BCUT2D eigenvalue weighted by atomic mass is 10.1. The van der Waals surface area contributed by atoms with Crippen LogP contribution in [0, 0.1) is 0 Å². The largest absolute Gasteiger partial charge is 0.497 e. The van der Waals surface area contributed by atoms with E-state index in [-0.39, 0.29) is 0 Å². The van der Waals surface area contributed by atoms with Gasteiger partial charge in [0.2, 0.25) is 10.0 Å². The number of rotatable bonds is 10. The Morgan fingerprint density at radius 1 is 0.919 bits per heavy atom. The summed E-state index contributed by atoms with van der Waals surface area (Å²) in [4.78, 5) is 12.4. The van der Waals surface area contributed by atoms with Crippen molar-refractivity contribution >= 4 is 38.6 Å². The van der Waals surface area contributed by atoms with E-state index in [0.717, 1.165) is 21.7 Å². The number of sulfonamides is 1. The quantitative estimate of drug-likeness (QED) is 0.249. The SMILES string of the molecule is COc1ccc(N(CC(=O)N/N=C\c2ccc(OCc3ccc4ccccc4c3)cc2)S(C)(=O)=O)cc1. The summed E-state index contributed by atoms with van der Waals surface area (Å²) in [6.45, 7) is 0.0312. The van der Waals surface area contributed by atoms with Crippen molar-refractivity contribution in [1.82, 2.24) is 5.43 Å². The average Bonchev–Trinajstić information content (AvgIpc) is 2.90. The smallest absolute Gasteiger partial charge is 0.260 e. The predicted octanol–water partition coefficient (Wildman–Crippen LogP) is 4.34. The Labute approximate surface area is 216 Å². The fourth-order valence-electron chi connectivity index (χ4n) is 3.64. The summed E-state index contributed by atoms with van der Waals surface area (Å²) in [7, 11) is -2.17. The zero-order chi connectivity index (χ0) is 26.3. The van der Waals surface area contributed by atoms with E-state index in [0.29, 0.717) is 23.8 Å². The van der Waals surface area contributed by atoms with E-state index in [9.17, 15) is 13.2 Å². The van der Waals surface area contributed by atoms with Crippen LogP contribution in [0.25, 0.3) is 10.8 Å². The first-order valence-corrected chi connectivity index (χ1v) is 13.3. The lowest BCUT2D eigenvalue weighted by Gasteiger charge is -2.21. The number of hydrazone groups is 1. The van der Waals surface area contributed by atoms with Gasteiger partial charge in [0.15, 0.2) is 0 Å². The number of nitrogens with zero attached hydrogens (tertiary/aromatic N) is 2. The Kier molecular flexibility index (Phi) is 8.05. The molecule has 0 heterocycles. The molecule has 0 atom stereocenters. The molecule has 4 aromatic rings. The van der Waals surface area contributed by atoms with E-state index in [1.54, 1.807) is 24.3 Å². The Morgan fingerprint density at radius 3 is 2.27 bits per heavy atom. The maximum atomic E-state index is 12.4. The number of hydrogen-bond donors (Lipinski definition) is 1. The van der Waals surface area contributed by atoms with Crippen molar-refractivity contribution in [2.45, 2.75) is 6.61 Å². The van der Waals surface area contributed by atoms with Crippen molar-refractivity contribution < 1.29 is 22.7 Å². The van der Waals surface area contributed by atoms with Gasteiger partial charge < -0.3 is 9.47 Å². The van der Waals surface area contributed by atoms with E-state index in [4.69, 9.17) is 9.47 Å². The molecule has 4 aromatic carbocycles. The monoisotopic (exact) mass is 517 g/mol. The zero-order valence-electron chi connectivity index (χ0n) is 20.5. The van der Waals surface area contributed by atoms with Crippen molar-refractivity contribution in [2.75, 3.05) is 24.2 Å². The van der Waals surface area contributed by atoms with Crippen molar-refractivity contribution in [2.24, 2.45) is 5.10 Å². The van der Waals surface area contributed by atoms with Gasteiger partial charge in [0.1, 0.15) is 24.7 Å². The van der Waals surface area contributed by atoms with Gasteiger partial charge in [0.25, 0.3) is 5.91 Å². The summed E-state index contributed by atoms with van der Waals surface area (Å²) < 4.78 is 36.4. The molecule has 0 aliphatic carbocycles. The third-order valence-electron chi connectivity index (χ3n) is 5.55. The molecule has 37 heavy (non-hydrogen) atoms. The molecule has 0 fully saturated rings. The molecule has 0 bridgehead atoms. The van der Waals surface area contributed by atoms with Gasteiger partial charge in [-0.05, 0) is 76.5 Å². The van der Waals surface area contributed by atoms with Crippen LogP contribution in [-0.4, -0.2) is 40.4 Å². The fraction of sp³-hybridized carbons (Fsp3) is 0.143. The molecule has 0 aromatic heterocycles. The molecule has 0 unspecified atom stereocenters. The Morgan fingerprint density at radius 2 is 1.59 bits per heavy atom. The summed E-state index contributed by atoms with van der Waals surface area (Å²) in [6.07, 6.45) is 2.51. The van der Waals surface area contributed by atoms with Gasteiger partial charge in [0.05, 0.1) is 25.3 Å². The molecular formula is C28H27N3O5S. The molecule has 0 radical (unpaired) electrons. The summed E-state index contributed by atoms with van der Waals surface area (Å²) in [5.74, 6) is 0.710. The number of carbonyl (C=O) groups is 1. The maximum absolute atomic E-state index is 12.4. The lowest BCUT2D eigenvalue weighted by molar-refractivity contribution is -0.119. The number of benzene rings is 4. The van der Waals surface area contributed by atoms with Crippen LogP contribution in [0.3, 0.4) is 0 Å². The van der Waals surface area contributed by atoms with Crippen molar-refractivity contribution in [3.8, 4) is 11.5 Å². The number of ether oxygens (including phenoxy) is 2. The minimum Gasteiger partial charge on any atom is -0.497 e. The van der Waals surface area contributed by atoms with Gasteiger partial charge in [-0.25, -0.2) is 13.8 Å². The molecule has 0 aliphatic rings. The van der Waals surface area contributed by atoms with E-state index in [2.05, 4.69) is 34.8 Å². The molecule has 0 spiro atoms. The third-order valence-corrected chi connectivity index (χ3v) is 6.69. The van der Waals surface area contributed by atoms with E-state index in [1.807, 2.05) is 42.5 Å². The molecule has 0 saturated carbocycles. The lowest BCUT2D eigenvalue weighted by Crippen LogP contribution is -2.39. The molecule has 9 heteroatoms. The van der Waals surface area contributed by atoms with Crippen LogP contribution >= 0.6 is 0 Å². The summed E-state index contributed by atoms with van der Waals surface area (Å²) in [5, 5.41) is 6.30. The van der Waals surface area contributed by atoms with Crippen molar-refractivity contribution in [3.05, 3.63) is 102 Å². The van der Waals surface area contributed by atoms with E-state index >= 15 is 0 Å². The number of carbonyl (C=O) groups excluding carboxylic acids is 1. The van der Waals surface area contributed by atoms with Gasteiger partial charge in [-0.2, -0.15) is 5.10 Å². The van der Waals surface area contributed by atoms with Crippen molar-refractivity contribution in [3.63, 3.8) is 0 Å². The molecule has 1 N–H and O–H groups in total. The highest BCUT2D eigenvalue weighted by atomic mass is 32.2. The number of amides is 1. The molecule has 4 rings (SSSR count). The molecule has 0 saturated heterocycles. The van der Waals surface area contributed by atoms with Gasteiger partial charge in [-0.1, -0.05) is 36.4 Å². The Bertz CT molecular complexity index is 1500.